The maximum atomic E-state index is 10.1. The van der Waals surface area contributed by atoms with Crippen LogP contribution in [0.5, 0.6) is 0 Å². The number of hydrogen-bond donors (Lipinski definition) is 1. The Balaban J connectivity index is 2.38. The second kappa shape index (κ2) is 8.28. The standard InChI is InChI=1S/C14H20Br2O/c1-2-3-4-5-6-7-14(17)12-9-8-11(15)10-13(12)16/h8-10,14,17H,2-7H2,1H3. The summed E-state index contributed by atoms with van der Waals surface area (Å²) in [4.78, 5) is 0. The van der Waals surface area contributed by atoms with Crippen molar-refractivity contribution in [1.82, 2.24) is 0 Å². The quantitative estimate of drug-likeness (QED) is 0.624. The van der Waals surface area contributed by atoms with Gasteiger partial charge in [-0.2, -0.15) is 0 Å². The normalized spacial score (nSPS) is 12.7. The van der Waals surface area contributed by atoms with Gasteiger partial charge in [0.05, 0.1) is 6.10 Å². The largest absolute Gasteiger partial charge is 0.388 e. The molecule has 1 rings (SSSR count). The van der Waals surface area contributed by atoms with Gasteiger partial charge in [0, 0.05) is 8.95 Å². The summed E-state index contributed by atoms with van der Waals surface area (Å²) in [7, 11) is 0. The van der Waals surface area contributed by atoms with Crippen LogP contribution >= 0.6 is 31.9 Å². The molecule has 0 fully saturated rings. The van der Waals surface area contributed by atoms with Crippen LogP contribution < -0.4 is 0 Å². The van der Waals surface area contributed by atoms with E-state index in [1.54, 1.807) is 0 Å². The summed E-state index contributed by atoms with van der Waals surface area (Å²) in [5, 5.41) is 10.1. The molecule has 0 saturated heterocycles. The number of aliphatic hydroxyl groups is 1. The lowest BCUT2D eigenvalue weighted by Gasteiger charge is -2.13. The van der Waals surface area contributed by atoms with Crippen molar-refractivity contribution in [3.8, 4) is 0 Å². The third kappa shape index (κ3) is 5.54. The molecule has 0 radical (unpaired) electrons. The molecule has 0 aromatic heterocycles. The summed E-state index contributed by atoms with van der Waals surface area (Å²) in [6.07, 6.45) is 6.68. The predicted octanol–water partition coefficient (Wildman–Crippen LogP) is 5.61. The van der Waals surface area contributed by atoms with Crippen molar-refractivity contribution >= 4 is 31.9 Å². The zero-order valence-corrected chi connectivity index (χ0v) is 13.4. The highest BCUT2D eigenvalue weighted by molar-refractivity contribution is 9.11. The molecule has 1 aromatic rings. The van der Waals surface area contributed by atoms with Crippen molar-refractivity contribution in [2.45, 2.75) is 51.6 Å². The van der Waals surface area contributed by atoms with Crippen LogP contribution in [0.1, 0.15) is 57.1 Å². The fourth-order valence-corrected chi connectivity index (χ4v) is 3.18. The minimum Gasteiger partial charge on any atom is -0.388 e. The van der Waals surface area contributed by atoms with E-state index in [-0.39, 0.29) is 6.10 Å². The highest BCUT2D eigenvalue weighted by Crippen LogP contribution is 2.29. The van der Waals surface area contributed by atoms with Crippen LogP contribution in [0.4, 0.5) is 0 Å². The summed E-state index contributed by atoms with van der Waals surface area (Å²) in [5.74, 6) is 0. The molecule has 17 heavy (non-hydrogen) atoms. The fourth-order valence-electron chi connectivity index (χ4n) is 1.87. The monoisotopic (exact) mass is 362 g/mol. The van der Waals surface area contributed by atoms with Gasteiger partial charge in [-0.3, -0.25) is 0 Å². The van der Waals surface area contributed by atoms with E-state index in [2.05, 4.69) is 38.8 Å². The van der Waals surface area contributed by atoms with Crippen molar-refractivity contribution in [2.75, 3.05) is 0 Å². The van der Waals surface area contributed by atoms with Gasteiger partial charge in [-0.15, -0.1) is 0 Å². The van der Waals surface area contributed by atoms with Crippen LogP contribution in [-0.4, -0.2) is 5.11 Å². The van der Waals surface area contributed by atoms with Crippen LogP contribution in [0.15, 0.2) is 27.1 Å². The molecule has 1 atom stereocenters. The molecule has 0 aliphatic carbocycles. The van der Waals surface area contributed by atoms with Crippen LogP contribution in [-0.2, 0) is 0 Å². The average Bonchev–Trinajstić information content (AvgIpc) is 2.28. The van der Waals surface area contributed by atoms with E-state index in [0.717, 1.165) is 27.4 Å². The van der Waals surface area contributed by atoms with Gasteiger partial charge in [0.15, 0.2) is 0 Å². The van der Waals surface area contributed by atoms with E-state index in [1.807, 2.05) is 18.2 Å². The van der Waals surface area contributed by atoms with E-state index in [1.165, 1.54) is 25.7 Å². The SMILES string of the molecule is CCCCCCCC(O)c1ccc(Br)cc1Br. The molecule has 0 saturated carbocycles. The minimum absolute atomic E-state index is 0.348. The Kier molecular flexibility index (Phi) is 7.40. The Morgan fingerprint density at radius 2 is 1.82 bits per heavy atom. The molecule has 0 bridgehead atoms. The Hall–Kier alpha value is 0.140. The van der Waals surface area contributed by atoms with E-state index < -0.39 is 0 Å². The zero-order chi connectivity index (χ0) is 12.7. The van der Waals surface area contributed by atoms with Gasteiger partial charge in [0.1, 0.15) is 0 Å². The third-order valence-corrected chi connectivity index (χ3v) is 4.08. The Morgan fingerprint density at radius 1 is 1.12 bits per heavy atom. The molecular weight excluding hydrogens is 344 g/mol. The lowest BCUT2D eigenvalue weighted by molar-refractivity contribution is 0.162. The number of unbranched alkanes of at least 4 members (excludes halogenated alkanes) is 4. The third-order valence-electron chi connectivity index (χ3n) is 2.90. The number of halogens is 2. The summed E-state index contributed by atoms with van der Waals surface area (Å²) < 4.78 is 2.01. The lowest BCUT2D eigenvalue weighted by Crippen LogP contribution is -1.98. The number of rotatable bonds is 7. The molecule has 1 unspecified atom stereocenters. The smallest absolute Gasteiger partial charge is 0.0801 e. The second-order valence-electron chi connectivity index (χ2n) is 4.38. The average molecular weight is 364 g/mol. The van der Waals surface area contributed by atoms with Crippen LogP contribution in [0.2, 0.25) is 0 Å². The van der Waals surface area contributed by atoms with E-state index >= 15 is 0 Å². The molecule has 0 aliphatic rings. The molecule has 1 nitrogen and oxygen atoms in total. The maximum Gasteiger partial charge on any atom is 0.0801 e. The minimum atomic E-state index is -0.348. The number of aliphatic hydroxyl groups excluding tert-OH is 1. The van der Waals surface area contributed by atoms with Crippen molar-refractivity contribution < 1.29 is 5.11 Å². The Labute approximate surface area is 121 Å². The van der Waals surface area contributed by atoms with Crippen molar-refractivity contribution in [3.05, 3.63) is 32.7 Å². The van der Waals surface area contributed by atoms with Crippen LogP contribution in [0, 0.1) is 0 Å². The Bertz CT molecular complexity index is 339. The maximum absolute atomic E-state index is 10.1. The second-order valence-corrected chi connectivity index (χ2v) is 6.15. The van der Waals surface area contributed by atoms with Gasteiger partial charge in [-0.1, -0.05) is 77.0 Å². The van der Waals surface area contributed by atoms with Gasteiger partial charge in [0.2, 0.25) is 0 Å². The highest BCUT2D eigenvalue weighted by Gasteiger charge is 2.10. The van der Waals surface area contributed by atoms with Gasteiger partial charge in [0.25, 0.3) is 0 Å². The van der Waals surface area contributed by atoms with Gasteiger partial charge < -0.3 is 5.11 Å². The van der Waals surface area contributed by atoms with Gasteiger partial charge >= 0.3 is 0 Å². The predicted molar refractivity (Wildman–Crippen MR) is 80.2 cm³/mol. The van der Waals surface area contributed by atoms with Crippen LogP contribution in [0.25, 0.3) is 0 Å². The molecule has 96 valence electrons. The van der Waals surface area contributed by atoms with Crippen molar-refractivity contribution in [2.24, 2.45) is 0 Å². The molecule has 3 heteroatoms. The molecule has 0 heterocycles. The van der Waals surface area contributed by atoms with E-state index in [4.69, 9.17) is 0 Å². The first kappa shape index (κ1) is 15.2. The van der Waals surface area contributed by atoms with Gasteiger partial charge in [-0.05, 0) is 24.1 Å². The summed E-state index contributed by atoms with van der Waals surface area (Å²) in [6.45, 7) is 2.22. The molecule has 1 N–H and O–H groups in total. The summed E-state index contributed by atoms with van der Waals surface area (Å²) in [5.41, 5.74) is 0.990. The molecule has 0 spiro atoms. The lowest BCUT2D eigenvalue weighted by atomic mass is 10.0. The summed E-state index contributed by atoms with van der Waals surface area (Å²) >= 11 is 6.91. The first-order chi connectivity index (χ1) is 8.15. The first-order valence-corrected chi connectivity index (χ1v) is 7.86. The van der Waals surface area contributed by atoms with E-state index in [9.17, 15) is 5.11 Å². The number of benzene rings is 1. The molecular formula is C14H20Br2O. The topological polar surface area (TPSA) is 20.2 Å². The first-order valence-electron chi connectivity index (χ1n) is 6.28. The summed E-state index contributed by atoms with van der Waals surface area (Å²) in [6, 6.07) is 5.93. The fraction of sp³-hybridized carbons (Fsp3) is 0.571. The molecule has 0 amide bonds. The van der Waals surface area contributed by atoms with Crippen molar-refractivity contribution in [3.63, 3.8) is 0 Å². The highest BCUT2D eigenvalue weighted by atomic mass is 79.9. The zero-order valence-electron chi connectivity index (χ0n) is 10.3. The van der Waals surface area contributed by atoms with E-state index in [0.29, 0.717) is 0 Å². The number of hydrogen-bond acceptors (Lipinski definition) is 1. The molecule has 0 aliphatic heterocycles. The van der Waals surface area contributed by atoms with Gasteiger partial charge in [-0.25, -0.2) is 0 Å². The molecule has 1 aromatic carbocycles. The van der Waals surface area contributed by atoms with Crippen LogP contribution in [0.3, 0.4) is 0 Å². The Morgan fingerprint density at radius 3 is 2.47 bits per heavy atom. The van der Waals surface area contributed by atoms with Crippen molar-refractivity contribution in [1.29, 1.82) is 0 Å².